The predicted molar refractivity (Wildman–Crippen MR) is 106 cm³/mol. The fraction of sp³-hybridized carbons (Fsp3) is 0.409. The number of carbonyl (C=O) groups is 1. The second-order valence-corrected chi connectivity index (χ2v) is 7.21. The highest BCUT2D eigenvalue weighted by Gasteiger charge is 2.15. The summed E-state index contributed by atoms with van der Waals surface area (Å²) in [6.45, 7) is 9.70. The molecular weight excluding hydrogens is 308 g/mol. The SMILES string of the molecule is CC(C)c1cccc(C(C)C)c1NCC(=O)N(C)Cc1ccccc1. The van der Waals surface area contributed by atoms with Crippen molar-refractivity contribution in [3.8, 4) is 0 Å². The number of nitrogens with zero attached hydrogens (tertiary/aromatic N) is 1. The van der Waals surface area contributed by atoms with Crippen molar-refractivity contribution in [1.29, 1.82) is 0 Å². The fourth-order valence-electron chi connectivity index (χ4n) is 3.00. The first-order valence-electron chi connectivity index (χ1n) is 9.04. The van der Waals surface area contributed by atoms with Crippen molar-refractivity contribution in [3.05, 3.63) is 65.2 Å². The van der Waals surface area contributed by atoms with E-state index in [0.717, 1.165) is 11.3 Å². The van der Waals surface area contributed by atoms with Crippen LogP contribution in [0.25, 0.3) is 0 Å². The molecule has 0 heterocycles. The van der Waals surface area contributed by atoms with Crippen molar-refractivity contribution in [1.82, 2.24) is 4.90 Å². The molecule has 3 heteroatoms. The molecule has 0 atom stereocenters. The average molecular weight is 338 g/mol. The van der Waals surface area contributed by atoms with E-state index in [1.54, 1.807) is 4.90 Å². The summed E-state index contributed by atoms with van der Waals surface area (Å²) < 4.78 is 0. The van der Waals surface area contributed by atoms with E-state index < -0.39 is 0 Å². The molecule has 0 aromatic heterocycles. The highest BCUT2D eigenvalue weighted by molar-refractivity contribution is 5.81. The second kappa shape index (κ2) is 8.70. The number of amides is 1. The molecule has 0 spiro atoms. The highest BCUT2D eigenvalue weighted by Crippen LogP contribution is 2.32. The molecule has 0 unspecified atom stereocenters. The molecule has 0 aliphatic carbocycles. The summed E-state index contributed by atoms with van der Waals surface area (Å²) in [5.74, 6) is 0.925. The van der Waals surface area contributed by atoms with Crippen LogP contribution in [0, 0.1) is 0 Å². The van der Waals surface area contributed by atoms with E-state index in [-0.39, 0.29) is 5.91 Å². The minimum absolute atomic E-state index is 0.0946. The van der Waals surface area contributed by atoms with E-state index in [4.69, 9.17) is 0 Å². The highest BCUT2D eigenvalue weighted by atomic mass is 16.2. The van der Waals surface area contributed by atoms with E-state index >= 15 is 0 Å². The van der Waals surface area contributed by atoms with Gasteiger partial charge in [-0.2, -0.15) is 0 Å². The smallest absolute Gasteiger partial charge is 0.241 e. The zero-order valence-electron chi connectivity index (χ0n) is 16.0. The molecule has 2 aromatic carbocycles. The maximum absolute atomic E-state index is 12.5. The zero-order chi connectivity index (χ0) is 18.4. The van der Waals surface area contributed by atoms with E-state index in [0.29, 0.717) is 24.9 Å². The minimum Gasteiger partial charge on any atom is -0.376 e. The molecule has 0 fully saturated rings. The summed E-state index contributed by atoms with van der Waals surface area (Å²) >= 11 is 0. The quantitative estimate of drug-likeness (QED) is 0.770. The molecule has 134 valence electrons. The molecule has 0 saturated heterocycles. The lowest BCUT2D eigenvalue weighted by molar-refractivity contribution is -0.128. The van der Waals surface area contributed by atoms with Crippen LogP contribution in [0.15, 0.2) is 48.5 Å². The topological polar surface area (TPSA) is 32.3 Å². The van der Waals surface area contributed by atoms with Gasteiger partial charge in [-0.15, -0.1) is 0 Å². The summed E-state index contributed by atoms with van der Waals surface area (Å²) in [5.41, 5.74) is 4.80. The summed E-state index contributed by atoms with van der Waals surface area (Å²) in [6.07, 6.45) is 0. The summed E-state index contributed by atoms with van der Waals surface area (Å²) in [7, 11) is 1.86. The lowest BCUT2D eigenvalue weighted by Gasteiger charge is -2.23. The van der Waals surface area contributed by atoms with E-state index in [2.05, 4.69) is 51.2 Å². The number of likely N-dealkylation sites (N-methyl/N-ethyl adjacent to an activating group) is 1. The predicted octanol–water partition coefficient (Wildman–Crippen LogP) is 5.00. The number of carbonyl (C=O) groups excluding carboxylic acids is 1. The molecule has 0 bridgehead atoms. The van der Waals surface area contributed by atoms with Crippen LogP contribution >= 0.6 is 0 Å². The van der Waals surface area contributed by atoms with Crippen molar-refractivity contribution in [2.75, 3.05) is 18.9 Å². The Bertz CT molecular complexity index is 666. The maximum Gasteiger partial charge on any atom is 0.241 e. The Labute approximate surface area is 152 Å². The van der Waals surface area contributed by atoms with E-state index in [9.17, 15) is 4.79 Å². The third-order valence-electron chi connectivity index (χ3n) is 4.48. The van der Waals surface area contributed by atoms with Crippen molar-refractivity contribution in [3.63, 3.8) is 0 Å². The van der Waals surface area contributed by atoms with Gasteiger partial charge in [-0.05, 0) is 28.5 Å². The van der Waals surface area contributed by atoms with Crippen LogP contribution in [0.4, 0.5) is 5.69 Å². The van der Waals surface area contributed by atoms with Crippen LogP contribution in [0.1, 0.15) is 56.2 Å². The Balaban J connectivity index is 2.08. The number of hydrogen-bond acceptors (Lipinski definition) is 2. The van der Waals surface area contributed by atoms with Crippen LogP contribution < -0.4 is 5.32 Å². The monoisotopic (exact) mass is 338 g/mol. The van der Waals surface area contributed by atoms with Gasteiger partial charge in [0.1, 0.15) is 0 Å². The second-order valence-electron chi connectivity index (χ2n) is 7.21. The standard InChI is InChI=1S/C22H30N2O/c1-16(2)19-12-9-13-20(17(3)4)22(19)23-14-21(25)24(5)15-18-10-7-6-8-11-18/h6-13,16-17,23H,14-15H2,1-5H3. The van der Waals surface area contributed by atoms with Gasteiger partial charge in [-0.25, -0.2) is 0 Å². The van der Waals surface area contributed by atoms with Gasteiger partial charge in [0.05, 0.1) is 6.54 Å². The maximum atomic E-state index is 12.5. The van der Waals surface area contributed by atoms with Crippen molar-refractivity contribution in [2.45, 2.75) is 46.1 Å². The van der Waals surface area contributed by atoms with Crippen LogP contribution in [0.3, 0.4) is 0 Å². The van der Waals surface area contributed by atoms with Crippen LogP contribution in [-0.4, -0.2) is 24.4 Å². The number of rotatable bonds is 7. The van der Waals surface area contributed by atoms with Gasteiger partial charge in [0.15, 0.2) is 0 Å². The number of benzene rings is 2. The third kappa shape index (κ3) is 5.09. The first-order chi connectivity index (χ1) is 11.9. The van der Waals surface area contributed by atoms with Gasteiger partial charge in [0.25, 0.3) is 0 Å². The molecule has 2 rings (SSSR count). The number of para-hydroxylation sites is 1. The molecule has 3 nitrogen and oxygen atoms in total. The van der Waals surface area contributed by atoms with Gasteiger partial charge in [0.2, 0.25) is 5.91 Å². The van der Waals surface area contributed by atoms with Gasteiger partial charge in [0, 0.05) is 19.3 Å². The van der Waals surface area contributed by atoms with E-state index in [1.807, 2.05) is 37.4 Å². The molecule has 1 amide bonds. The number of anilines is 1. The Kier molecular flexibility index (Phi) is 6.63. The number of hydrogen-bond donors (Lipinski definition) is 1. The van der Waals surface area contributed by atoms with Gasteiger partial charge in [-0.3, -0.25) is 4.79 Å². The minimum atomic E-state index is 0.0946. The molecule has 0 saturated carbocycles. The molecule has 0 aliphatic heterocycles. The van der Waals surface area contributed by atoms with Crippen molar-refractivity contribution in [2.24, 2.45) is 0 Å². The Morgan fingerprint density at radius 2 is 1.48 bits per heavy atom. The van der Waals surface area contributed by atoms with Crippen molar-refractivity contribution < 1.29 is 4.79 Å². The Hall–Kier alpha value is -2.29. The lowest BCUT2D eigenvalue weighted by atomic mass is 9.92. The molecular formula is C22H30N2O. The Morgan fingerprint density at radius 1 is 0.920 bits per heavy atom. The first kappa shape index (κ1) is 19.0. The normalized spacial score (nSPS) is 11.0. The fourth-order valence-corrected chi connectivity index (χ4v) is 3.00. The molecule has 0 radical (unpaired) electrons. The number of nitrogens with one attached hydrogen (secondary N) is 1. The van der Waals surface area contributed by atoms with Crippen LogP contribution in [0.2, 0.25) is 0 Å². The molecule has 25 heavy (non-hydrogen) atoms. The molecule has 1 N–H and O–H groups in total. The van der Waals surface area contributed by atoms with Gasteiger partial charge >= 0.3 is 0 Å². The largest absolute Gasteiger partial charge is 0.376 e. The first-order valence-corrected chi connectivity index (χ1v) is 9.04. The van der Waals surface area contributed by atoms with Crippen LogP contribution in [0.5, 0.6) is 0 Å². The molecule has 2 aromatic rings. The Morgan fingerprint density at radius 3 is 2.00 bits per heavy atom. The lowest BCUT2D eigenvalue weighted by Crippen LogP contribution is -2.32. The van der Waals surface area contributed by atoms with Gasteiger partial charge in [-0.1, -0.05) is 76.2 Å². The summed E-state index contributed by atoms with van der Waals surface area (Å²) in [4.78, 5) is 14.3. The van der Waals surface area contributed by atoms with E-state index in [1.165, 1.54) is 11.1 Å². The van der Waals surface area contributed by atoms with Gasteiger partial charge < -0.3 is 10.2 Å². The zero-order valence-corrected chi connectivity index (χ0v) is 16.0. The summed E-state index contributed by atoms with van der Waals surface area (Å²) in [6, 6.07) is 16.5. The van der Waals surface area contributed by atoms with Crippen molar-refractivity contribution >= 4 is 11.6 Å². The third-order valence-corrected chi connectivity index (χ3v) is 4.48. The summed E-state index contributed by atoms with van der Waals surface area (Å²) in [5, 5.41) is 3.42. The average Bonchev–Trinajstić information content (AvgIpc) is 2.59. The molecule has 0 aliphatic rings. The van der Waals surface area contributed by atoms with Crippen LogP contribution in [-0.2, 0) is 11.3 Å².